The van der Waals surface area contributed by atoms with E-state index in [-0.39, 0.29) is 5.56 Å². The first-order chi connectivity index (χ1) is 12.8. The summed E-state index contributed by atoms with van der Waals surface area (Å²) in [4.78, 5) is 14.2. The number of aromatic nitrogens is 4. The molecular formula is C19H28N6O. The zero-order valence-electron chi connectivity index (χ0n) is 15.6. The zero-order chi connectivity index (χ0) is 18.4. The van der Waals surface area contributed by atoms with Crippen molar-refractivity contribution in [3.05, 3.63) is 46.4 Å². The van der Waals surface area contributed by atoms with E-state index in [1.807, 2.05) is 13.8 Å². The van der Waals surface area contributed by atoms with E-state index in [0.29, 0.717) is 17.5 Å². The minimum atomic E-state index is -0.223. The van der Waals surface area contributed by atoms with Gasteiger partial charge in [-0.05, 0) is 43.9 Å². The maximum atomic E-state index is 11.7. The van der Waals surface area contributed by atoms with Gasteiger partial charge in [-0.2, -0.15) is 9.61 Å². The molecule has 3 heterocycles. The highest BCUT2D eigenvalue weighted by Gasteiger charge is 2.21. The molecule has 26 heavy (non-hydrogen) atoms. The van der Waals surface area contributed by atoms with Gasteiger partial charge in [0.15, 0.2) is 0 Å². The molecule has 1 saturated heterocycles. The second-order valence-electron chi connectivity index (χ2n) is 6.48. The molecule has 2 aromatic rings. The molecule has 2 aliphatic rings. The quantitative estimate of drug-likeness (QED) is 0.880. The molecule has 1 aliphatic heterocycles. The lowest BCUT2D eigenvalue weighted by molar-refractivity contribution is 0.233. The fraction of sp³-hybridized carbons (Fsp3) is 0.526. The lowest BCUT2D eigenvalue weighted by atomic mass is 10.0. The number of aromatic amines is 1. The second-order valence-corrected chi connectivity index (χ2v) is 6.48. The number of nitrogens with one attached hydrogen (secondary N) is 2. The minimum absolute atomic E-state index is 0.223. The van der Waals surface area contributed by atoms with E-state index in [9.17, 15) is 4.79 Å². The van der Waals surface area contributed by atoms with Crippen LogP contribution in [0.25, 0.3) is 5.52 Å². The van der Waals surface area contributed by atoms with E-state index in [4.69, 9.17) is 0 Å². The molecule has 0 radical (unpaired) electrons. The SMILES string of the molecule is CC.O=c1[nH]nc(NC2CCCN(CC3=CCCC=C3)C2)n2nccc12. The van der Waals surface area contributed by atoms with E-state index in [0.717, 1.165) is 45.3 Å². The Kier molecular flexibility index (Phi) is 6.22. The number of H-pyrrole nitrogens is 1. The normalized spacial score (nSPS) is 20.4. The van der Waals surface area contributed by atoms with Gasteiger partial charge in [0.1, 0.15) is 5.52 Å². The number of rotatable bonds is 4. The molecule has 2 aromatic heterocycles. The third kappa shape index (κ3) is 4.22. The topological polar surface area (TPSA) is 78.3 Å². The average Bonchev–Trinajstić information content (AvgIpc) is 3.18. The Hall–Kier alpha value is -2.41. The fourth-order valence-electron chi connectivity index (χ4n) is 3.49. The number of allylic oxidation sites excluding steroid dienone is 2. The molecule has 1 atom stereocenters. The van der Waals surface area contributed by atoms with E-state index < -0.39 is 0 Å². The molecule has 1 unspecified atom stereocenters. The van der Waals surface area contributed by atoms with E-state index in [1.54, 1.807) is 16.8 Å². The van der Waals surface area contributed by atoms with Gasteiger partial charge in [0.05, 0.1) is 6.20 Å². The molecule has 7 nitrogen and oxygen atoms in total. The monoisotopic (exact) mass is 356 g/mol. The summed E-state index contributed by atoms with van der Waals surface area (Å²) in [6.07, 6.45) is 13.0. The lowest BCUT2D eigenvalue weighted by Gasteiger charge is -2.33. The molecule has 0 amide bonds. The maximum absolute atomic E-state index is 11.7. The van der Waals surface area contributed by atoms with Crippen LogP contribution in [0.1, 0.15) is 39.5 Å². The predicted octanol–water partition coefficient (Wildman–Crippen LogP) is 2.60. The van der Waals surface area contributed by atoms with Crippen LogP contribution in [-0.2, 0) is 0 Å². The fourth-order valence-corrected chi connectivity index (χ4v) is 3.49. The lowest BCUT2D eigenvalue weighted by Crippen LogP contribution is -2.43. The van der Waals surface area contributed by atoms with Crippen molar-refractivity contribution < 1.29 is 0 Å². The summed E-state index contributed by atoms with van der Waals surface area (Å²) in [7, 11) is 0. The number of anilines is 1. The van der Waals surface area contributed by atoms with Crippen LogP contribution in [0.15, 0.2) is 40.9 Å². The molecule has 1 aliphatic carbocycles. The van der Waals surface area contributed by atoms with Crippen LogP contribution in [0, 0.1) is 0 Å². The Balaban J connectivity index is 0.000000948. The van der Waals surface area contributed by atoms with Crippen molar-refractivity contribution >= 4 is 11.5 Å². The number of likely N-dealkylation sites (tertiary alicyclic amines) is 1. The van der Waals surface area contributed by atoms with Crippen molar-refractivity contribution in [2.75, 3.05) is 25.0 Å². The van der Waals surface area contributed by atoms with Crippen LogP contribution in [-0.4, -0.2) is 50.4 Å². The van der Waals surface area contributed by atoms with Crippen molar-refractivity contribution in [2.24, 2.45) is 0 Å². The largest absolute Gasteiger partial charge is 0.349 e. The minimum Gasteiger partial charge on any atom is -0.349 e. The summed E-state index contributed by atoms with van der Waals surface area (Å²) in [5.41, 5.74) is 1.70. The molecule has 0 bridgehead atoms. The van der Waals surface area contributed by atoms with Crippen molar-refractivity contribution in [1.82, 2.24) is 24.7 Å². The number of fused-ring (bicyclic) bond motifs is 1. The van der Waals surface area contributed by atoms with Crippen molar-refractivity contribution in [3.8, 4) is 0 Å². The maximum Gasteiger partial charge on any atom is 0.290 e. The molecule has 1 fully saturated rings. The van der Waals surface area contributed by atoms with Gasteiger partial charge in [0, 0.05) is 19.1 Å². The summed E-state index contributed by atoms with van der Waals surface area (Å²) in [5, 5.41) is 14.3. The van der Waals surface area contributed by atoms with Crippen molar-refractivity contribution in [1.29, 1.82) is 0 Å². The van der Waals surface area contributed by atoms with Crippen LogP contribution in [0.5, 0.6) is 0 Å². The Morgan fingerprint density at radius 1 is 1.35 bits per heavy atom. The van der Waals surface area contributed by atoms with E-state index in [2.05, 4.69) is 43.7 Å². The first-order valence-corrected chi connectivity index (χ1v) is 9.56. The molecule has 7 heteroatoms. The van der Waals surface area contributed by atoms with Crippen molar-refractivity contribution in [3.63, 3.8) is 0 Å². The number of hydrogen-bond donors (Lipinski definition) is 2. The molecule has 0 spiro atoms. The Morgan fingerprint density at radius 3 is 3.04 bits per heavy atom. The second kappa shape index (κ2) is 8.80. The van der Waals surface area contributed by atoms with Gasteiger partial charge in [0.25, 0.3) is 5.56 Å². The molecule has 2 N–H and O–H groups in total. The van der Waals surface area contributed by atoms with Crippen LogP contribution in [0.4, 0.5) is 5.95 Å². The first-order valence-electron chi connectivity index (χ1n) is 9.56. The summed E-state index contributed by atoms with van der Waals surface area (Å²) >= 11 is 0. The van der Waals surface area contributed by atoms with Gasteiger partial charge in [-0.25, -0.2) is 5.10 Å². The van der Waals surface area contributed by atoms with Crippen LogP contribution < -0.4 is 10.9 Å². The predicted molar refractivity (Wildman–Crippen MR) is 104 cm³/mol. The summed E-state index contributed by atoms with van der Waals surface area (Å²) in [6.45, 7) is 7.10. The van der Waals surface area contributed by atoms with Gasteiger partial charge < -0.3 is 5.32 Å². The molecule has 0 aromatic carbocycles. The standard InChI is InChI=1S/C17H22N6O.C2H6/c24-16-15-8-9-18-23(15)17(21-20-16)19-14-7-4-10-22(12-14)11-13-5-2-1-3-6-13;1-2/h2,5-6,8-9,14H,1,3-4,7,10-12H2,(H,19,21)(H,20,24);1-2H3. The number of piperidine rings is 1. The van der Waals surface area contributed by atoms with Gasteiger partial charge >= 0.3 is 0 Å². The van der Waals surface area contributed by atoms with Gasteiger partial charge in [-0.3, -0.25) is 9.69 Å². The third-order valence-electron chi connectivity index (χ3n) is 4.66. The highest BCUT2D eigenvalue weighted by molar-refractivity contribution is 5.47. The van der Waals surface area contributed by atoms with Crippen LogP contribution >= 0.6 is 0 Å². The van der Waals surface area contributed by atoms with Gasteiger partial charge in [0.2, 0.25) is 5.95 Å². The van der Waals surface area contributed by atoms with E-state index in [1.165, 1.54) is 5.57 Å². The Morgan fingerprint density at radius 2 is 2.23 bits per heavy atom. The molecule has 4 rings (SSSR count). The van der Waals surface area contributed by atoms with Gasteiger partial charge in [-0.1, -0.05) is 32.1 Å². The highest BCUT2D eigenvalue weighted by Crippen LogP contribution is 2.17. The van der Waals surface area contributed by atoms with Crippen LogP contribution in [0.2, 0.25) is 0 Å². The number of hydrogen-bond acceptors (Lipinski definition) is 5. The summed E-state index contributed by atoms with van der Waals surface area (Å²) in [6, 6.07) is 2.00. The number of nitrogens with zero attached hydrogens (tertiary/aromatic N) is 4. The van der Waals surface area contributed by atoms with E-state index >= 15 is 0 Å². The van der Waals surface area contributed by atoms with Crippen molar-refractivity contribution in [2.45, 2.75) is 45.6 Å². The molecule has 0 saturated carbocycles. The highest BCUT2D eigenvalue weighted by atomic mass is 16.1. The Labute approximate surface area is 153 Å². The van der Waals surface area contributed by atoms with Crippen LogP contribution in [0.3, 0.4) is 0 Å². The van der Waals surface area contributed by atoms with Gasteiger partial charge in [-0.15, -0.1) is 5.10 Å². The Bertz CT molecular complexity index is 834. The third-order valence-corrected chi connectivity index (χ3v) is 4.66. The summed E-state index contributed by atoms with van der Waals surface area (Å²) in [5.74, 6) is 0.596. The first kappa shape index (κ1) is 18.4. The zero-order valence-corrected chi connectivity index (χ0v) is 15.6. The average molecular weight is 356 g/mol. The molecule has 140 valence electrons. The smallest absolute Gasteiger partial charge is 0.290 e. The summed E-state index contributed by atoms with van der Waals surface area (Å²) < 4.78 is 1.57. The molecular weight excluding hydrogens is 328 g/mol.